The van der Waals surface area contributed by atoms with Crippen LogP contribution < -0.4 is 14.4 Å². The monoisotopic (exact) mass is 385 g/mol. The third kappa shape index (κ3) is 4.20. The minimum absolute atomic E-state index is 0.103. The van der Waals surface area contributed by atoms with Gasteiger partial charge in [0, 0.05) is 18.7 Å². The molecule has 1 heterocycles. The first-order chi connectivity index (χ1) is 13.0. The Bertz CT molecular complexity index is 939. The van der Waals surface area contributed by atoms with Crippen LogP contribution in [-0.2, 0) is 0 Å². The number of fused-ring (bicyclic) bond motifs is 1. The Balaban J connectivity index is 2.01. The lowest BCUT2D eigenvalue weighted by Gasteiger charge is -2.22. The van der Waals surface area contributed by atoms with E-state index in [0.717, 1.165) is 16.8 Å². The summed E-state index contributed by atoms with van der Waals surface area (Å²) in [4.78, 5) is 21.7. The third-order valence-corrected chi connectivity index (χ3v) is 5.20. The van der Waals surface area contributed by atoms with Crippen molar-refractivity contribution in [2.45, 2.75) is 0 Å². The molecule has 2 aromatic carbocycles. The molecule has 3 aromatic rings. The van der Waals surface area contributed by atoms with Gasteiger partial charge in [-0.15, -0.1) is 0 Å². The number of carbonyl (C=O) groups excluding carboxylic acids is 1. The number of benzene rings is 2. The van der Waals surface area contributed by atoms with Crippen LogP contribution in [0, 0.1) is 0 Å². The quantitative estimate of drug-likeness (QED) is 0.623. The first-order valence-electron chi connectivity index (χ1n) is 8.57. The van der Waals surface area contributed by atoms with Crippen LogP contribution in [0.5, 0.6) is 11.5 Å². The Morgan fingerprint density at radius 3 is 2.56 bits per heavy atom. The number of hydrogen-bond donors (Lipinski definition) is 0. The molecule has 27 heavy (non-hydrogen) atoms. The van der Waals surface area contributed by atoms with Crippen LogP contribution in [0.3, 0.4) is 0 Å². The topological polar surface area (TPSA) is 54.9 Å². The molecule has 0 radical (unpaired) electrons. The molecule has 7 heteroatoms. The Morgan fingerprint density at radius 2 is 1.85 bits per heavy atom. The predicted molar refractivity (Wildman–Crippen MR) is 109 cm³/mol. The summed E-state index contributed by atoms with van der Waals surface area (Å²) in [5, 5.41) is 0.657. The Kier molecular flexibility index (Phi) is 5.93. The summed E-state index contributed by atoms with van der Waals surface area (Å²) in [5.41, 5.74) is 1.34. The number of methoxy groups -OCH3 is 2. The van der Waals surface area contributed by atoms with Gasteiger partial charge in [-0.1, -0.05) is 23.5 Å². The molecule has 1 amide bonds. The van der Waals surface area contributed by atoms with Crippen molar-refractivity contribution in [3.63, 3.8) is 0 Å². The van der Waals surface area contributed by atoms with Crippen molar-refractivity contribution in [1.29, 1.82) is 0 Å². The second-order valence-corrected chi connectivity index (χ2v) is 7.30. The molecule has 0 fully saturated rings. The molecule has 0 saturated carbocycles. The van der Waals surface area contributed by atoms with Crippen molar-refractivity contribution in [2.75, 3.05) is 46.3 Å². The number of nitrogens with zero attached hydrogens (tertiary/aromatic N) is 3. The van der Waals surface area contributed by atoms with E-state index in [1.54, 1.807) is 31.3 Å². The van der Waals surface area contributed by atoms with Crippen molar-refractivity contribution in [2.24, 2.45) is 0 Å². The smallest absolute Gasteiger partial charge is 0.260 e. The van der Waals surface area contributed by atoms with Crippen LogP contribution in [0.25, 0.3) is 10.2 Å². The molecule has 142 valence electrons. The zero-order valence-electron chi connectivity index (χ0n) is 15.9. The number of rotatable bonds is 7. The second kappa shape index (κ2) is 8.37. The minimum Gasteiger partial charge on any atom is -0.497 e. The molecule has 0 aliphatic carbocycles. The molecule has 0 atom stereocenters. The summed E-state index contributed by atoms with van der Waals surface area (Å²) in [7, 11) is 7.18. The standard InChI is InChI=1S/C20H23N3O3S/c1-22(2)11-12-23(19(24)14-7-5-8-15(13-14)25-3)20-21-18-16(26-4)9-6-10-17(18)27-20/h5-10,13H,11-12H2,1-4H3. The zero-order chi connectivity index (χ0) is 19.4. The number of amides is 1. The Hall–Kier alpha value is -2.64. The van der Waals surface area contributed by atoms with E-state index in [9.17, 15) is 4.79 Å². The number of ether oxygens (including phenoxy) is 2. The lowest BCUT2D eigenvalue weighted by atomic mass is 10.2. The van der Waals surface area contributed by atoms with Crippen molar-refractivity contribution < 1.29 is 14.3 Å². The summed E-state index contributed by atoms with van der Waals surface area (Å²) in [6.45, 7) is 1.26. The van der Waals surface area contributed by atoms with Gasteiger partial charge in [0.2, 0.25) is 0 Å². The fourth-order valence-electron chi connectivity index (χ4n) is 2.69. The van der Waals surface area contributed by atoms with Crippen molar-refractivity contribution in [3.8, 4) is 11.5 Å². The summed E-state index contributed by atoms with van der Waals surface area (Å²) in [5.74, 6) is 1.25. The highest BCUT2D eigenvalue weighted by atomic mass is 32.1. The molecule has 1 aromatic heterocycles. The molecule has 0 N–H and O–H groups in total. The van der Waals surface area contributed by atoms with Gasteiger partial charge in [-0.25, -0.2) is 4.98 Å². The van der Waals surface area contributed by atoms with Gasteiger partial charge in [0.15, 0.2) is 5.13 Å². The van der Waals surface area contributed by atoms with Crippen molar-refractivity contribution in [3.05, 3.63) is 48.0 Å². The van der Waals surface area contributed by atoms with E-state index in [4.69, 9.17) is 14.5 Å². The van der Waals surface area contributed by atoms with E-state index in [1.807, 2.05) is 49.3 Å². The van der Waals surface area contributed by atoms with Gasteiger partial charge in [-0.3, -0.25) is 9.69 Å². The highest BCUT2D eigenvalue weighted by molar-refractivity contribution is 7.22. The molecule has 0 saturated heterocycles. The van der Waals surface area contributed by atoms with Gasteiger partial charge in [-0.05, 0) is 44.4 Å². The second-order valence-electron chi connectivity index (χ2n) is 6.30. The summed E-state index contributed by atoms with van der Waals surface area (Å²) in [6, 6.07) is 13.0. The number of anilines is 1. The van der Waals surface area contributed by atoms with Crippen LogP contribution in [0.15, 0.2) is 42.5 Å². The maximum atomic E-state index is 13.2. The van der Waals surface area contributed by atoms with E-state index < -0.39 is 0 Å². The maximum Gasteiger partial charge on any atom is 0.260 e. The van der Waals surface area contributed by atoms with Crippen LogP contribution in [-0.4, -0.2) is 57.2 Å². The number of carbonyl (C=O) groups is 1. The van der Waals surface area contributed by atoms with Gasteiger partial charge >= 0.3 is 0 Å². The highest BCUT2D eigenvalue weighted by Crippen LogP contribution is 2.34. The van der Waals surface area contributed by atoms with E-state index in [-0.39, 0.29) is 5.91 Å². The van der Waals surface area contributed by atoms with Crippen LogP contribution in [0.2, 0.25) is 0 Å². The average Bonchev–Trinajstić information content (AvgIpc) is 3.11. The fourth-order valence-corrected chi connectivity index (χ4v) is 3.70. The molecule has 0 spiro atoms. The van der Waals surface area contributed by atoms with E-state index >= 15 is 0 Å². The molecule has 0 unspecified atom stereocenters. The van der Waals surface area contributed by atoms with E-state index in [0.29, 0.717) is 28.7 Å². The fraction of sp³-hybridized carbons (Fsp3) is 0.300. The lowest BCUT2D eigenvalue weighted by Crippen LogP contribution is -2.36. The number of likely N-dealkylation sites (N-methyl/N-ethyl adjacent to an activating group) is 1. The van der Waals surface area contributed by atoms with E-state index in [2.05, 4.69) is 0 Å². The highest BCUT2D eigenvalue weighted by Gasteiger charge is 2.22. The summed E-state index contributed by atoms with van der Waals surface area (Å²) in [6.07, 6.45) is 0. The molecular weight excluding hydrogens is 362 g/mol. The Morgan fingerprint density at radius 1 is 1.07 bits per heavy atom. The maximum absolute atomic E-state index is 13.2. The zero-order valence-corrected chi connectivity index (χ0v) is 16.7. The number of para-hydroxylation sites is 1. The summed E-state index contributed by atoms with van der Waals surface area (Å²) < 4.78 is 11.7. The number of hydrogen-bond acceptors (Lipinski definition) is 6. The van der Waals surface area contributed by atoms with Crippen LogP contribution in [0.4, 0.5) is 5.13 Å². The lowest BCUT2D eigenvalue weighted by molar-refractivity contribution is 0.0985. The van der Waals surface area contributed by atoms with Gasteiger partial charge in [0.1, 0.15) is 17.0 Å². The van der Waals surface area contributed by atoms with Crippen molar-refractivity contribution >= 4 is 32.6 Å². The van der Waals surface area contributed by atoms with Gasteiger partial charge in [0.05, 0.1) is 18.9 Å². The first kappa shape index (κ1) is 19.1. The SMILES string of the molecule is COc1cccc(C(=O)N(CCN(C)C)c2nc3c(OC)cccc3s2)c1. The summed E-state index contributed by atoms with van der Waals surface area (Å²) >= 11 is 1.48. The van der Waals surface area contributed by atoms with Gasteiger partial charge in [-0.2, -0.15) is 0 Å². The normalized spacial score (nSPS) is 11.0. The molecule has 0 aliphatic rings. The third-order valence-electron chi connectivity index (χ3n) is 4.15. The van der Waals surface area contributed by atoms with Gasteiger partial charge in [0.25, 0.3) is 5.91 Å². The molecule has 0 aliphatic heterocycles. The van der Waals surface area contributed by atoms with Crippen LogP contribution >= 0.6 is 11.3 Å². The number of aromatic nitrogens is 1. The largest absolute Gasteiger partial charge is 0.497 e. The molecule has 6 nitrogen and oxygen atoms in total. The van der Waals surface area contributed by atoms with E-state index in [1.165, 1.54) is 11.3 Å². The molecule has 0 bridgehead atoms. The molecular formula is C20H23N3O3S. The Labute approximate surface area is 162 Å². The minimum atomic E-state index is -0.103. The van der Waals surface area contributed by atoms with Gasteiger partial charge < -0.3 is 14.4 Å². The molecule has 3 rings (SSSR count). The van der Waals surface area contributed by atoms with Crippen molar-refractivity contribution in [1.82, 2.24) is 9.88 Å². The predicted octanol–water partition coefficient (Wildman–Crippen LogP) is 3.52. The average molecular weight is 385 g/mol. The number of thiazole rings is 1. The van der Waals surface area contributed by atoms with Crippen LogP contribution in [0.1, 0.15) is 10.4 Å². The first-order valence-corrected chi connectivity index (χ1v) is 9.39.